The molecule has 12 rings (SSSR count). The number of rotatable bonds is 4. The summed E-state index contributed by atoms with van der Waals surface area (Å²) in [6.07, 6.45) is 5.29. The van der Waals surface area contributed by atoms with Crippen LogP contribution in [0.15, 0.2) is 211 Å². The van der Waals surface area contributed by atoms with Crippen molar-refractivity contribution in [3.8, 4) is 33.9 Å². The molecule has 3 nitrogen and oxygen atoms in total. The van der Waals surface area contributed by atoms with Crippen LogP contribution in [0.5, 0.6) is 11.5 Å². The Hall–Kier alpha value is -7.62. The number of aromatic nitrogens is 1. The van der Waals surface area contributed by atoms with E-state index in [0.29, 0.717) is 0 Å². The topological polar surface area (TPSA) is 34.5 Å². The molecule has 0 unspecified atom stereocenters. The fourth-order valence-corrected chi connectivity index (χ4v) is 9.83. The highest BCUT2D eigenvalue weighted by Crippen LogP contribution is 2.63. The normalized spacial score (nSPS) is 14.6. The molecule has 2 aliphatic heterocycles. The molecule has 0 radical (unpaired) electrons. The number of allylic oxidation sites excluding steroid dienone is 3. The number of benzene rings is 8. The van der Waals surface area contributed by atoms with Gasteiger partial charge in [0.1, 0.15) is 11.5 Å². The zero-order chi connectivity index (χ0) is 38.9. The first kappa shape index (κ1) is 33.5. The number of para-hydroxylation sites is 2. The Morgan fingerprint density at radius 3 is 1.80 bits per heavy atom. The number of hydrogen-bond donors (Lipinski definition) is 0. The zero-order valence-electron chi connectivity index (χ0n) is 32.1. The summed E-state index contributed by atoms with van der Waals surface area (Å²) in [6.45, 7) is 0. The number of nitrogens with zero attached hydrogens (tertiary/aromatic N) is 2. The summed E-state index contributed by atoms with van der Waals surface area (Å²) in [5.74, 6) is 1.77. The molecule has 0 bridgehead atoms. The number of hydrogen-bond acceptors (Lipinski definition) is 3. The number of ether oxygens (including phenoxy) is 1. The summed E-state index contributed by atoms with van der Waals surface area (Å²) < 4.78 is 6.65. The van der Waals surface area contributed by atoms with Gasteiger partial charge in [-0.1, -0.05) is 176 Å². The first-order valence-corrected chi connectivity index (χ1v) is 20.3. The molecule has 0 N–H and O–H groups in total. The maximum Gasteiger partial charge on any atom is 0.132 e. The van der Waals surface area contributed by atoms with Crippen molar-refractivity contribution >= 4 is 38.7 Å². The lowest BCUT2D eigenvalue weighted by Crippen LogP contribution is -2.32. The lowest BCUT2D eigenvalue weighted by atomic mass is 9.66. The number of aliphatic imine (C=N–C) groups is 1. The Morgan fingerprint density at radius 1 is 0.475 bits per heavy atom. The van der Waals surface area contributed by atoms with E-state index in [1.807, 2.05) is 0 Å². The smallest absolute Gasteiger partial charge is 0.132 e. The maximum absolute atomic E-state index is 6.65. The highest BCUT2D eigenvalue weighted by atomic mass is 16.5. The summed E-state index contributed by atoms with van der Waals surface area (Å²) in [7, 11) is 0. The standard InChI is InChI=1S/C56H36N2O/c1-4-16-36(17-5-1)39-28-32-48(37-18-6-2-7-19-37)57-50(35-39)40-29-33-49-43(34-40)41-30-31-47-53(54(41)55(58-49)38-20-8-3-9-21-38)42-22-10-11-23-44(42)56(47)45-24-12-14-26-51(45)59-52-27-15-13-25-46(52)56/h1-31,33-35H,32H2. The highest BCUT2D eigenvalue weighted by molar-refractivity contribution is 6.19. The van der Waals surface area contributed by atoms with Gasteiger partial charge in [0.25, 0.3) is 0 Å². The Labute approximate surface area is 343 Å². The van der Waals surface area contributed by atoms with Crippen LogP contribution >= 0.6 is 0 Å². The van der Waals surface area contributed by atoms with E-state index in [2.05, 4.69) is 206 Å². The number of pyridine rings is 1. The molecule has 0 saturated heterocycles. The predicted molar refractivity (Wildman–Crippen MR) is 242 cm³/mol. The monoisotopic (exact) mass is 752 g/mol. The van der Waals surface area contributed by atoms with Gasteiger partial charge in [0.15, 0.2) is 0 Å². The second kappa shape index (κ2) is 13.2. The van der Waals surface area contributed by atoms with Crippen molar-refractivity contribution in [2.45, 2.75) is 11.8 Å². The Bertz CT molecular complexity index is 3210. The lowest BCUT2D eigenvalue weighted by Gasteiger charge is -2.39. The minimum absolute atomic E-state index is 0.579. The number of fused-ring (bicyclic) bond motifs is 13. The molecule has 1 aliphatic carbocycles. The van der Waals surface area contributed by atoms with E-state index >= 15 is 0 Å². The van der Waals surface area contributed by atoms with Gasteiger partial charge in [0, 0.05) is 39.4 Å². The molecular formula is C56H36N2O. The van der Waals surface area contributed by atoms with Crippen molar-refractivity contribution in [3.63, 3.8) is 0 Å². The van der Waals surface area contributed by atoms with Crippen LogP contribution in [0, 0.1) is 0 Å². The predicted octanol–water partition coefficient (Wildman–Crippen LogP) is 13.8. The molecule has 3 heteroatoms. The molecule has 3 aliphatic rings. The van der Waals surface area contributed by atoms with Gasteiger partial charge in [0.2, 0.25) is 0 Å². The van der Waals surface area contributed by atoms with Gasteiger partial charge in [0.05, 0.1) is 28.0 Å². The van der Waals surface area contributed by atoms with E-state index in [9.17, 15) is 0 Å². The van der Waals surface area contributed by atoms with Crippen LogP contribution in [-0.2, 0) is 5.41 Å². The molecule has 8 aromatic carbocycles. The largest absolute Gasteiger partial charge is 0.457 e. The summed E-state index contributed by atoms with van der Waals surface area (Å²) in [6, 6.07) is 69.3. The first-order chi connectivity index (χ1) is 29.3. The van der Waals surface area contributed by atoms with Gasteiger partial charge in [-0.05, 0) is 74.7 Å². The fraction of sp³-hybridized carbons (Fsp3) is 0.0357. The van der Waals surface area contributed by atoms with Crippen LogP contribution in [0.3, 0.4) is 0 Å². The third kappa shape index (κ3) is 5.08. The molecule has 3 heterocycles. The van der Waals surface area contributed by atoms with Gasteiger partial charge in [-0.25, -0.2) is 4.98 Å². The fourth-order valence-electron chi connectivity index (χ4n) is 9.83. The molecule has 1 aromatic heterocycles. The Kier molecular flexibility index (Phi) is 7.51. The molecule has 59 heavy (non-hydrogen) atoms. The minimum atomic E-state index is -0.579. The van der Waals surface area contributed by atoms with Crippen molar-refractivity contribution in [1.29, 1.82) is 0 Å². The third-order valence-corrected chi connectivity index (χ3v) is 12.4. The van der Waals surface area contributed by atoms with E-state index in [-0.39, 0.29) is 0 Å². The molecule has 1 spiro atoms. The lowest BCUT2D eigenvalue weighted by molar-refractivity contribution is 0.436. The minimum Gasteiger partial charge on any atom is -0.457 e. The van der Waals surface area contributed by atoms with Crippen LogP contribution in [-0.4, -0.2) is 10.7 Å². The third-order valence-electron chi connectivity index (χ3n) is 12.4. The molecular weight excluding hydrogens is 717 g/mol. The summed E-state index contributed by atoms with van der Waals surface area (Å²) in [4.78, 5) is 11.0. The van der Waals surface area contributed by atoms with Gasteiger partial charge in [-0.15, -0.1) is 0 Å². The Balaban J connectivity index is 1.16. The van der Waals surface area contributed by atoms with Crippen LogP contribution in [0.2, 0.25) is 0 Å². The van der Waals surface area contributed by atoms with Crippen molar-refractivity contribution in [3.05, 3.63) is 245 Å². The van der Waals surface area contributed by atoms with Crippen LogP contribution < -0.4 is 4.74 Å². The van der Waals surface area contributed by atoms with E-state index in [0.717, 1.165) is 90.1 Å². The second-order valence-corrected chi connectivity index (χ2v) is 15.5. The van der Waals surface area contributed by atoms with E-state index in [4.69, 9.17) is 14.7 Å². The molecule has 0 saturated carbocycles. The highest BCUT2D eigenvalue weighted by Gasteiger charge is 2.51. The molecule has 0 amide bonds. The van der Waals surface area contributed by atoms with Crippen molar-refractivity contribution in [1.82, 2.24) is 4.98 Å². The summed E-state index contributed by atoms with van der Waals surface area (Å²) in [5, 5.41) is 3.41. The molecule has 0 atom stereocenters. The maximum atomic E-state index is 6.65. The molecule has 0 fully saturated rings. The van der Waals surface area contributed by atoms with Crippen LogP contribution in [0.4, 0.5) is 0 Å². The second-order valence-electron chi connectivity index (χ2n) is 15.5. The van der Waals surface area contributed by atoms with Crippen molar-refractivity contribution in [2.24, 2.45) is 4.99 Å². The van der Waals surface area contributed by atoms with Gasteiger partial charge < -0.3 is 4.74 Å². The first-order valence-electron chi connectivity index (χ1n) is 20.3. The van der Waals surface area contributed by atoms with Gasteiger partial charge >= 0.3 is 0 Å². The SMILES string of the molecule is C1=C(c2ccccc2)C=C(c2ccc3nc(-c4ccccc4)c4c5c(ccc4c3c2)C2(c3ccccc3Oc3ccccc32)c2ccccc2-5)N=C(c2ccccc2)C1. The van der Waals surface area contributed by atoms with Gasteiger partial charge in [-0.2, -0.15) is 0 Å². The zero-order valence-corrected chi connectivity index (χ0v) is 32.1. The summed E-state index contributed by atoms with van der Waals surface area (Å²) >= 11 is 0. The van der Waals surface area contributed by atoms with Crippen LogP contribution in [0.25, 0.3) is 55.3 Å². The van der Waals surface area contributed by atoms with E-state index < -0.39 is 5.41 Å². The Morgan fingerprint density at radius 2 is 1.08 bits per heavy atom. The molecule has 9 aromatic rings. The van der Waals surface area contributed by atoms with Crippen molar-refractivity contribution < 1.29 is 4.74 Å². The van der Waals surface area contributed by atoms with E-state index in [1.54, 1.807) is 0 Å². The average molecular weight is 753 g/mol. The van der Waals surface area contributed by atoms with Gasteiger partial charge in [-0.3, -0.25) is 4.99 Å². The molecule has 276 valence electrons. The van der Waals surface area contributed by atoms with E-state index in [1.165, 1.54) is 27.8 Å². The van der Waals surface area contributed by atoms with Crippen molar-refractivity contribution in [2.75, 3.05) is 0 Å². The van der Waals surface area contributed by atoms with Crippen LogP contribution in [0.1, 0.15) is 45.4 Å². The summed E-state index contributed by atoms with van der Waals surface area (Å²) in [5.41, 5.74) is 16.2. The average Bonchev–Trinajstić information content (AvgIpc) is 3.42. The quantitative estimate of drug-likeness (QED) is 0.168.